The fourth-order valence-corrected chi connectivity index (χ4v) is 1.90. The van der Waals surface area contributed by atoms with Crippen molar-refractivity contribution < 1.29 is 23.1 Å². The number of aliphatic carboxylic acids is 1. The van der Waals surface area contributed by atoms with Gasteiger partial charge in [0.05, 0.1) is 11.0 Å². The van der Waals surface area contributed by atoms with Gasteiger partial charge in [-0.3, -0.25) is 4.79 Å². The lowest BCUT2D eigenvalue weighted by molar-refractivity contribution is -0.148. The molecule has 1 atom stereocenters. The van der Waals surface area contributed by atoms with Gasteiger partial charge in [-0.25, -0.2) is 0 Å². The molecule has 3 N–H and O–H groups in total. The van der Waals surface area contributed by atoms with Crippen molar-refractivity contribution in [1.29, 1.82) is 0 Å². The lowest BCUT2D eigenvalue weighted by Crippen LogP contribution is -2.40. The SMILES string of the molecule is CCC(CN)(Cc1cccc(C(F)(F)F)c1)C(=O)O. The van der Waals surface area contributed by atoms with E-state index in [1.54, 1.807) is 6.92 Å². The van der Waals surface area contributed by atoms with E-state index in [-0.39, 0.29) is 19.4 Å². The lowest BCUT2D eigenvalue weighted by atomic mass is 9.79. The van der Waals surface area contributed by atoms with Crippen LogP contribution < -0.4 is 5.73 Å². The Bertz CT molecular complexity index is 453. The highest BCUT2D eigenvalue weighted by Gasteiger charge is 2.36. The van der Waals surface area contributed by atoms with Crippen LogP contribution in [0.3, 0.4) is 0 Å². The quantitative estimate of drug-likeness (QED) is 0.868. The highest BCUT2D eigenvalue weighted by atomic mass is 19.4. The van der Waals surface area contributed by atoms with Gasteiger partial charge in [0, 0.05) is 6.54 Å². The molecule has 0 aromatic heterocycles. The van der Waals surface area contributed by atoms with Crippen LogP contribution in [-0.4, -0.2) is 17.6 Å². The van der Waals surface area contributed by atoms with Gasteiger partial charge in [0.2, 0.25) is 0 Å². The Labute approximate surface area is 109 Å². The minimum atomic E-state index is -4.43. The number of halogens is 3. The van der Waals surface area contributed by atoms with Crippen molar-refractivity contribution in [2.75, 3.05) is 6.54 Å². The van der Waals surface area contributed by atoms with Gasteiger partial charge in [0.25, 0.3) is 0 Å². The third-order valence-corrected chi connectivity index (χ3v) is 3.32. The zero-order valence-electron chi connectivity index (χ0n) is 10.5. The molecule has 0 aliphatic heterocycles. The predicted octanol–water partition coefficient (Wildman–Crippen LogP) is 2.69. The smallest absolute Gasteiger partial charge is 0.416 e. The van der Waals surface area contributed by atoms with Crippen molar-refractivity contribution in [2.45, 2.75) is 25.9 Å². The van der Waals surface area contributed by atoms with Gasteiger partial charge < -0.3 is 10.8 Å². The van der Waals surface area contributed by atoms with E-state index in [1.807, 2.05) is 0 Å². The van der Waals surface area contributed by atoms with E-state index >= 15 is 0 Å². The van der Waals surface area contributed by atoms with Crippen LogP contribution in [0.5, 0.6) is 0 Å². The Morgan fingerprint density at radius 1 is 1.37 bits per heavy atom. The van der Waals surface area contributed by atoms with E-state index in [2.05, 4.69) is 0 Å². The Morgan fingerprint density at radius 3 is 2.42 bits per heavy atom. The number of hydrogen-bond donors (Lipinski definition) is 2. The molecular weight excluding hydrogens is 259 g/mol. The van der Waals surface area contributed by atoms with E-state index in [0.717, 1.165) is 12.1 Å². The highest BCUT2D eigenvalue weighted by molar-refractivity contribution is 5.75. The molecule has 1 rings (SSSR count). The first kappa shape index (κ1) is 15.5. The maximum absolute atomic E-state index is 12.6. The summed E-state index contributed by atoms with van der Waals surface area (Å²) in [5.74, 6) is -1.09. The van der Waals surface area contributed by atoms with Crippen LogP contribution in [0.25, 0.3) is 0 Å². The molecule has 0 fully saturated rings. The minimum absolute atomic E-state index is 0.0146. The maximum Gasteiger partial charge on any atom is 0.416 e. The van der Waals surface area contributed by atoms with Gasteiger partial charge in [-0.05, 0) is 24.5 Å². The largest absolute Gasteiger partial charge is 0.481 e. The van der Waals surface area contributed by atoms with Crippen molar-refractivity contribution in [3.05, 3.63) is 35.4 Å². The summed E-state index contributed by atoms with van der Waals surface area (Å²) < 4.78 is 37.7. The first-order valence-corrected chi connectivity index (χ1v) is 5.85. The molecular formula is C13H16F3NO2. The predicted molar refractivity (Wildman–Crippen MR) is 64.6 cm³/mol. The molecule has 19 heavy (non-hydrogen) atoms. The molecule has 0 radical (unpaired) electrons. The molecule has 0 saturated heterocycles. The number of rotatable bonds is 5. The van der Waals surface area contributed by atoms with Crippen LogP contribution in [-0.2, 0) is 17.4 Å². The number of benzene rings is 1. The zero-order valence-corrected chi connectivity index (χ0v) is 10.5. The first-order valence-electron chi connectivity index (χ1n) is 5.85. The van der Waals surface area contributed by atoms with Crippen LogP contribution in [0.2, 0.25) is 0 Å². The van der Waals surface area contributed by atoms with Crippen LogP contribution in [0.4, 0.5) is 13.2 Å². The van der Waals surface area contributed by atoms with Crippen LogP contribution >= 0.6 is 0 Å². The Balaban J connectivity index is 3.08. The third-order valence-electron chi connectivity index (χ3n) is 3.32. The maximum atomic E-state index is 12.6. The van der Waals surface area contributed by atoms with Crippen molar-refractivity contribution in [2.24, 2.45) is 11.1 Å². The minimum Gasteiger partial charge on any atom is -0.481 e. The molecule has 0 saturated carbocycles. The second-order valence-corrected chi connectivity index (χ2v) is 4.52. The summed E-state index contributed by atoms with van der Waals surface area (Å²) in [5.41, 5.74) is 3.81. The summed E-state index contributed by atoms with van der Waals surface area (Å²) in [5, 5.41) is 9.21. The summed E-state index contributed by atoms with van der Waals surface area (Å²) in [4.78, 5) is 11.3. The van der Waals surface area contributed by atoms with E-state index in [4.69, 9.17) is 5.73 Å². The molecule has 1 aromatic rings. The van der Waals surface area contributed by atoms with E-state index in [9.17, 15) is 23.1 Å². The molecule has 1 aromatic carbocycles. The number of carboxylic acids is 1. The summed E-state index contributed by atoms with van der Waals surface area (Å²) in [6.07, 6.45) is -4.19. The fraction of sp³-hybridized carbons (Fsp3) is 0.462. The average molecular weight is 275 g/mol. The second kappa shape index (κ2) is 5.61. The fourth-order valence-electron chi connectivity index (χ4n) is 1.90. The lowest BCUT2D eigenvalue weighted by Gasteiger charge is -2.26. The molecule has 1 unspecified atom stereocenters. The van der Waals surface area contributed by atoms with Crippen molar-refractivity contribution in [3.8, 4) is 0 Å². The van der Waals surface area contributed by atoms with E-state index in [0.29, 0.717) is 5.56 Å². The average Bonchev–Trinajstić information content (AvgIpc) is 2.35. The molecule has 3 nitrogen and oxygen atoms in total. The van der Waals surface area contributed by atoms with Gasteiger partial charge in [-0.2, -0.15) is 13.2 Å². The third kappa shape index (κ3) is 3.47. The van der Waals surface area contributed by atoms with E-state index < -0.39 is 23.1 Å². The Morgan fingerprint density at radius 2 is 2.00 bits per heavy atom. The molecule has 0 heterocycles. The zero-order chi connectivity index (χ0) is 14.7. The van der Waals surface area contributed by atoms with Crippen LogP contribution in [0.1, 0.15) is 24.5 Å². The number of carbonyl (C=O) groups is 1. The molecule has 0 spiro atoms. The molecule has 0 amide bonds. The monoisotopic (exact) mass is 275 g/mol. The van der Waals surface area contributed by atoms with Crippen molar-refractivity contribution in [3.63, 3.8) is 0 Å². The number of carboxylic acid groups (broad SMARTS) is 1. The topological polar surface area (TPSA) is 63.3 Å². The summed E-state index contributed by atoms with van der Waals surface area (Å²) >= 11 is 0. The van der Waals surface area contributed by atoms with Gasteiger partial charge >= 0.3 is 12.1 Å². The second-order valence-electron chi connectivity index (χ2n) is 4.52. The Hall–Kier alpha value is -1.56. The number of hydrogen-bond acceptors (Lipinski definition) is 2. The van der Waals surface area contributed by atoms with Gasteiger partial charge in [-0.15, -0.1) is 0 Å². The van der Waals surface area contributed by atoms with E-state index in [1.165, 1.54) is 12.1 Å². The first-order chi connectivity index (χ1) is 8.75. The van der Waals surface area contributed by atoms with Crippen molar-refractivity contribution >= 4 is 5.97 Å². The molecule has 0 bridgehead atoms. The van der Waals surface area contributed by atoms with Crippen molar-refractivity contribution in [1.82, 2.24) is 0 Å². The molecule has 0 aliphatic carbocycles. The summed E-state index contributed by atoms with van der Waals surface area (Å²) in [7, 11) is 0. The van der Waals surface area contributed by atoms with Gasteiger partial charge in [0.1, 0.15) is 0 Å². The van der Waals surface area contributed by atoms with Gasteiger partial charge in [-0.1, -0.05) is 25.1 Å². The molecule has 106 valence electrons. The molecule has 0 aliphatic rings. The molecule has 6 heteroatoms. The Kier molecular flexibility index (Phi) is 4.57. The normalized spacial score (nSPS) is 15.0. The number of nitrogens with two attached hydrogens (primary N) is 1. The number of alkyl halides is 3. The summed E-state index contributed by atoms with van der Waals surface area (Å²) in [6.45, 7) is 1.55. The summed E-state index contributed by atoms with van der Waals surface area (Å²) in [6, 6.07) is 4.69. The van der Waals surface area contributed by atoms with Gasteiger partial charge in [0.15, 0.2) is 0 Å². The van der Waals surface area contributed by atoms with Crippen LogP contribution in [0, 0.1) is 5.41 Å². The standard InChI is InChI=1S/C13H16F3NO2/c1-2-12(8-17,11(18)19)7-9-4-3-5-10(6-9)13(14,15)16/h3-6H,2,7-8,17H2,1H3,(H,18,19). The van der Waals surface area contributed by atoms with Crippen LogP contribution in [0.15, 0.2) is 24.3 Å². The highest BCUT2D eigenvalue weighted by Crippen LogP contribution is 2.32.